The van der Waals surface area contributed by atoms with E-state index in [1.807, 2.05) is 18.2 Å². The van der Waals surface area contributed by atoms with Crippen LogP contribution in [0.15, 0.2) is 46.9 Å². The van der Waals surface area contributed by atoms with Crippen molar-refractivity contribution in [3.8, 4) is 6.07 Å². The van der Waals surface area contributed by atoms with Crippen LogP contribution in [-0.4, -0.2) is 4.92 Å². The van der Waals surface area contributed by atoms with Gasteiger partial charge in [-0.25, -0.2) is 0 Å². The summed E-state index contributed by atoms with van der Waals surface area (Å²) in [5.74, 6) is -0.0923. The number of benzene rings is 1. The van der Waals surface area contributed by atoms with Crippen LogP contribution in [0.25, 0.3) is 0 Å². The molecule has 1 heterocycles. The van der Waals surface area contributed by atoms with Crippen molar-refractivity contribution < 1.29 is 9.34 Å². The average molecular weight is 242 g/mol. The van der Waals surface area contributed by atoms with E-state index in [4.69, 9.17) is 4.42 Å². The van der Waals surface area contributed by atoms with Crippen LogP contribution in [0.5, 0.6) is 0 Å². The minimum Gasteiger partial charge on any atom is -0.404 e. The first-order valence-corrected chi connectivity index (χ1v) is 5.29. The van der Waals surface area contributed by atoms with E-state index in [0.29, 0.717) is 0 Å². The Hall–Kier alpha value is -2.61. The molecule has 0 N–H and O–H groups in total. The molecule has 2 rings (SSSR count). The molecule has 5 nitrogen and oxygen atoms in total. The quantitative estimate of drug-likeness (QED) is 0.612. The first kappa shape index (κ1) is 11.9. The summed E-state index contributed by atoms with van der Waals surface area (Å²) in [6.45, 7) is 1.67. The van der Waals surface area contributed by atoms with E-state index in [1.54, 1.807) is 19.1 Å². The van der Waals surface area contributed by atoms with E-state index >= 15 is 0 Å². The van der Waals surface area contributed by atoms with Gasteiger partial charge in [-0.15, -0.1) is 0 Å². The van der Waals surface area contributed by atoms with Gasteiger partial charge in [-0.2, -0.15) is 5.26 Å². The highest BCUT2D eigenvalue weighted by atomic mass is 16.6. The van der Waals surface area contributed by atoms with E-state index in [-0.39, 0.29) is 11.6 Å². The van der Waals surface area contributed by atoms with Crippen LogP contribution in [0, 0.1) is 21.4 Å². The van der Waals surface area contributed by atoms with E-state index in [0.717, 1.165) is 5.56 Å². The molecule has 0 amide bonds. The lowest BCUT2D eigenvalue weighted by Gasteiger charge is -2.18. The van der Waals surface area contributed by atoms with Crippen LogP contribution in [0.2, 0.25) is 0 Å². The zero-order chi connectivity index (χ0) is 13.2. The van der Waals surface area contributed by atoms with E-state index < -0.39 is 10.3 Å². The zero-order valence-corrected chi connectivity index (χ0v) is 9.66. The molecule has 0 aliphatic rings. The molecular formula is C13H10N2O3. The first-order valence-electron chi connectivity index (χ1n) is 5.29. The first-order chi connectivity index (χ1) is 8.58. The predicted octanol–water partition coefficient (Wildman–Crippen LogP) is 3.02. The third-order valence-corrected chi connectivity index (χ3v) is 2.84. The summed E-state index contributed by atoms with van der Waals surface area (Å²) in [6.07, 6.45) is 0. The van der Waals surface area contributed by atoms with Crippen LogP contribution >= 0.6 is 0 Å². The lowest BCUT2D eigenvalue weighted by Crippen LogP contribution is -2.20. The smallest absolute Gasteiger partial charge is 0.404 e. The van der Waals surface area contributed by atoms with Gasteiger partial charge in [-0.1, -0.05) is 30.3 Å². The molecule has 1 aromatic carbocycles. The maximum absolute atomic E-state index is 10.6. The zero-order valence-electron chi connectivity index (χ0n) is 9.66. The van der Waals surface area contributed by atoms with Crippen LogP contribution in [-0.2, 0) is 5.41 Å². The predicted molar refractivity (Wildman–Crippen MR) is 63.9 cm³/mol. The van der Waals surface area contributed by atoms with Gasteiger partial charge in [0.2, 0.25) is 0 Å². The van der Waals surface area contributed by atoms with Crippen molar-refractivity contribution in [2.75, 3.05) is 0 Å². The van der Waals surface area contributed by atoms with Crippen molar-refractivity contribution >= 4 is 5.88 Å². The van der Waals surface area contributed by atoms with Gasteiger partial charge < -0.3 is 4.42 Å². The largest absolute Gasteiger partial charge is 0.433 e. The third kappa shape index (κ3) is 1.84. The van der Waals surface area contributed by atoms with Gasteiger partial charge in [0.15, 0.2) is 0 Å². The molecule has 0 aliphatic carbocycles. The second-order valence-electron chi connectivity index (χ2n) is 4.00. The molecule has 1 aromatic heterocycles. The number of nitro groups is 1. The van der Waals surface area contributed by atoms with E-state index in [1.165, 1.54) is 12.1 Å². The van der Waals surface area contributed by atoms with Crippen molar-refractivity contribution in [2.24, 2.45) is 0 Å². The van der Waals surface area contributed by atoms with Gasteiger partial charge in [0.25, 0.3) is 0 Å². The van der Waals surface area contributed by atoms with Crippen molar-refractivity contribution in [3.63, 3.8) is 0 Å². The molecule has 0 bridgehead atoms. The monoisotopic (exact) mass is 242 g/mol. The van der Waals surface area contributed by atoms with Crippen LogP contribution in [0.4, 0.5) is 5.88 Å². The van der Waals surface area contributed by atoms with Gasteiger partial charge >= 0.3 is 5.88 Å². The molecule has 90 valence electrons. The maximum Gasteiger partial charge on any atom is 0.433 e. The van der Waals surface area contributed by atoms with Crippen molar-refractivity contribution in [2.45, 2.75) is 12.3 Å². The Bertz CT molecular complexity index is 613. The Morgan fingerprint density at radius 1 is 1.28 bits per heavy atom. The van der Waals surface area contributed by atoms with Gasteiger partial charge in [0, 0.05) is 0 Å². The number of hydrogen-bond acceptors (Lipinski definition) is 4. The highest BCUT2D eigenvalue weighted by Gasteiger charge is 2.33. The second-order valence-corrected chi connectivity index (χ2v) is 4.00. The third-order valence-electron chi connectivity index (χ3n) is 2.84. The lowest BCUT2D eigenvalue weighted by atomic mass is 9.82. The highest BCUT2D eigenvalue weighted by molar-refractivity contribution is 5.42. The Kier molecular flexibility index (Phi) is 2.86. The molecule has 0 aliphatic heterocycles. The highest BCUT2D eigenvalue weighted by Crippen LogP contribution is 2.34. The van der Waals surface area contributed by atoms with Gasteiger partial charge in [0.05, 0.1) is 12.1 Å². The van der Waals surface area contributed by atoms with Gasteiger partial charge in [-0.3, -0.25) is 10.1 Å². The van der Waals surface area contributed by atoms with Gasteiger partial charge in [0.1, 0.15) is 16.1 Å². The van der Waals surface area contributed by atoms with Crippen molar-refractivity contribution in [1.29, 1.82) is 5.26 Å². The standard InChI is InChI=1S/C13H10N2O3/c1-13(9-14,10-5-3-2-4-6-10)11-7-8-12(18-11)15(16)17/h2-8H,1H3. The van der Waals surface area contributed by atoms with Crippen molar-refractivity contribution in [1.82, 2.24) is 0 Å². The molecule has 0 saturated carbocycles. The van der Waals surface area contributed by atoms with Crippen LogP contribution < -0.4 is 0 Å². The fourth-order valence-electron chi connectivity index (χ4n) is 1.73. The minimum atomic E-state index is -1.03. The normalized spacial score (nSPS) is 13.6. The van der Waals surface area contributed by atoms with E-state index in [9.17, 15) is 15.4 Å². The topological polar surface area (TPSA) is 80.1 Å². The number of nitrogens with zero attached hydrogens (tertiary/aromatic N) is 2. The number of nitriles is 1. The molecule has 5 heteroatoms. The van der Waals surface area contributed by atoms with Gasteiger partial charge in [-0.05, 0) is 18.6 Å². The Morgan fingerprint density at radius 2 is 1.94 bits per heavy atom. The molecule has 1 unspecified atom stereocenters. The maximum atomic E-state index is 10.6. The molecule has 1 atom stereocenters. The Morgan fingerprint density at radius 3 is 2.44 bits per heavy atom. The van der Waals surface area contributed by atoms with E-state index in [2.05, 4.69) is 6.07 Å². The molecule has 18 heavy (non-hydrogen) atoms. The van der Waals surface area contributed by atoms with Crippen LogP contribution in [0.3, 0.4) is 0 Å². The van der Waals surface area contributed by atoms with Crippen LogP contribution in [0.1, 0.15) is 18.2 Å². The SMILES string of the molecule is CC(C#N)(c1ccccc1)c1ccc([N+](=O)[O-])o1. The molecule has 0 saturated heterocycles. The Labute approximate surface area is 103 Å². The fourth-order valence-corrected chi connectivity index (χ4v) is 1.73. The summed E-state index contributed by atoms with van der Waals surface area (Å²) >= 11 is 0. The lowest BCUT2D eigenvalue weighted by molar-refractivity contribution is -0.402. The fraction of sp³-hybridized carbons (Fsp3) is 0.154. The van der Waals surface area contributed by atoms with Crippen molar-refractivity contribution in [3.05, 3.63) is 63.9 Å². The Balaban J connectivity index is 2.51. The molecular weight excluding hydrogens is 232 g/mol. The second kappa shape index (κ2) is 4.34. The molecule has 0 radical (unpaired) electrons. The molecule has 2 aromatic rings. The summed E-state index contributed by atoms with van der Waals surface area (Å²) in [6, 6.07) is 13.9. The number of furan rings is 1. The summed E-state index contributed by atoms with van der Waals surface area (Å²) in [5.41, 5.74) is -0.299. The minimum absolute atomic E-state index is 0.267. The summed E-state index contributed by atoms with van der Waals surface area (Å²) in [7, 11) is 0. The molecule has 0 fully saturated rings. The summed E-state index contributed by atoms with van der Waals surface area (Å²) in [5, 5.41) is 20.0. The summed E-state index contributed by atoms with van der Waals surface area (Å²) < 4.78 is 5.13. The number of rotatable bonds is 3. The summed E-state index contributed by atoms with van der Waals surface area (Å²) in [4.78, 5) is 9.98. The average Bonchev–Trinajstić information content (AvgIpc) is 2.89. The molecule has 0 spiro atoms. The number of hydrogen-bond donors (Lipinski definition) is 0.